The van der Waals surface area contributed by atoms with Gasteiger partial charge in [-0.15, -0.1) is 0 Å². The van der Waals surface area contributed by atoms with E-state index in [-0.39, 0.29) is 36.1 Å². The molecule has 148 valence electrons. The fourth-order valence-corrected chi connectivity index (χ4v) is 3.58. The summed E-state index contributed by atoms with van der Waals surface area (Å²) in [5.41, 5.74) is 1.22. The molecule has 2 amide bonds. The van der Waals surface area contributed by atoms with Crippen LogP contribution in [0.15, 0.2) is 48.5 Å². The number of amides is 2. The molecule has 0 aliphatic carbocycles. The monoisotopic (exact) mass is 383 g/mol. The van der Waals surface area contributed by atoms with Crippen LogP contribution >= 0.6 is 0 Å². The molecule has 2 aromatic rings. The highest BCUT2D eigenvalue weighted by Crippen LogP contribution is 2.36. The maximum Gasteiger partial charge on any atom is 0.250 e. The minimum absolute atomic E-state index is 0.0608. The summed E-state index contributed by atoms with van der Waals surface area (Å²) >= 11 is 0. The van der Waals surface area contributed by atoms with E-state index in [0.717, 1.165) is 5.56 Å². The fraction of sp³-hybridized carbons (Fsp3) is 0.364. The Balaban J connectivity index is 1.83. The first-order valence-electron chi connectivity index (χ1n) is 9.44. The minimum atomic E-state index is -1.00. The Morgan fingerprint density at radius 2 is 1.79 bits per heavy atom. The van der Waals surface area contributed by atoms with E-state index in [1.54, 1.807) is 36.9 Å². The van der Waals surface area contributed by atoms with Gasteiger partial charge < -0.3 is 10.6 Å². The van der Waals surface area contributed by atoms with Crippen molar-refractivity contribution in [3.05, 3.63) is 59.9 Å². The molecule has 0 radical (unpaired) electrons. The van der Waals surface area contributed by atoms with Crippen LogP contribution in [0.2, 0.25) is 0 Å². The third-order valence-electron chi connectivity index (χ3n) is 5.13. The zero-order valence-electron chi connectivity index (χ0n) is 16.6. The SMILES string of the molecule is CC(C)[C@@H](NCC(=O)N1c2ccccc2NC(=O)C1(C)C)c1ccc(F)cc1. The van der Waals surface area contributed by atoms with Crippen molar-refractivity contribution >= 4 is 23.2 Å². The van der Waals surface area contributed by atoms with Crippen LogP contribution in [0.25, 0.3) is 0 Å². The topological polar surface area (TPSA) is 61.4 Å². The van der Waals surface area contributed by atoms with E-state index in [1.165, 1.54) is 12.1 Å². The van der Waals surface area contributed by atoms with Crippen molar-refractivity contribution in [1.82, 2.24) is 5.32 Å². The zero-order valence-corrected chi connectivity index (χ0v) is 16.6. The van der Waals surface area contributed by atoms with Gasteiger partial charge in [-0.3, -0.25) is 14.5 Å². The van der Waals surface area contributed by atoms with Gasteiger partial charge in [-0.1, -0.05) is 38.1 Å². The normalized spacial score (nSPS) is 16.5. The lowest BCUT2D eigenvalue weighted by Gasteiger charge is -2.42. The Labute approximate surface area is 164 Å². The van der Waals surface area contributed by atoms with E-state index < -0.39 is 5.54 Å². The van der Waals surface area contributed by atoms with E-state index in [1.807, 2.05) is 32.0 Å². The molecule has 0 bridgehead atoms. The van der Waals surface area contributed by atoms with E-state index in [4.69, 9.17) is 0 Å². The number of para-hydroxylation sites is 2. The average Bonchev–Trinajstić information content (AvgIpc) is 2.63. The van der Waals surface area contributed by atoms with Crippen molar-refractivity contribution in [3.63, 3.8) is 0 Å². The summed E-state index contributed by atoms with van der Waals surface area (Å²) in [6.07, 6.45) is 0. The second-order valence-corrected chi connectivity index (χ2v) is 7.91. The van der Waals surface area contributed by atoms with Gasteiger partial charge in [0.05, 0.1) is 17.9 Å². The lowest BCUT2D eigenvalue weighted by atomic mass is 9.95. The van der Waals surface area contributed by atoms with Gasteiger partial charge in [0.25, 0.3) is 0 Å². The van der Waals surface area contributed by atoms with Gasteiger partial charge in [-0.25, -0.2) is 4.39 Å². The van der Waals surface area contributed by atoms with Crippen LogP contribution in [0, 0.1) is 11.7 Å². The molecule has 0 unspecified atom stereocenters. The largest absolute Gasteiger partial charge is 0.322 e. The maximum absolute atomic E-state index is 13.3. The molecule has 0 fully saturated rings. The Morgan fingerprint density at radius 3 is 2.43 bits per heavy atom. The molecule has 0 saturated heterocycles. The molecule has 1 aliphatic rings. The number of fused-ring (bicyclic) bond motifs is 1. The Morgan fingerprint density at radius 1 is 1.14 bits per heavy atom. The van der Waals surface area contributed by atoms with Crippen LogP contribution in [-0.2, 0) is 9.59 Å². The summed E-state index contributed by atoms with van der Waals surface area (Å²) in [7, 11) is 0. The van der Waals surface area contributed by atoms with Gasteiger partial charge in [0.15, 0.2) is 0 Å². The van der Waals surface area contributed by atoms with Crippen molar-refractivity contribution in [2.24, 2.45) is 5.92 Å². The van der Waals surface area contributed by atoms with Crippen LogP contribution in [0.4, 0.5) is 15.8 Å². The number of hydrogen-bond donors (Lipinski definition) is 2. The molecular formula is C22H26FN3O2. The lowest BCUT2D eigenvalue weighted by molar-refractivity contribution is -0.126. The van der Waals surface area contributed by atoms with Crippen molar-refractivity contribution in [1.29, 1.82) is 0 Å². The van der Waals surface area contributed by atoms with Gasteiger partial charge in [-0.2, -0.15) is 0 Å². The molecule has 0 spiro atoms. The number of carbonyl (C=O) groups is 2. The third-order valence-corrected chi connectivity index (χ3v) is 5.13. The van der Waals surface area contributed by atoms with Gasteiger partial charge in [0.1, 0.15) is 11.4 Å². The van der Waals surface area contributed by atoms with Gasteiger partial charge in [0.2, 0.25) is 11.8 Å². The average molecular weight is 383 g/mol. The maximum atomic E-state index is 13.3. The number of nitrogens with one attached hydrogen (secondary N) is 2. The van der Waals surface area contributed by atoms with Gasteiger partial charge >= 0.3 is 0 Å². The summed E-state index contributed by atoms with van der Waals surface area (Å²) < 4.78 is 13.3. The Hall–Kier alpha value is -2.73. The predicted molar refractivity (Wildman–Crippen MR) is 109 cm³/mol. The summed E-state index contributed by atoms with van der Waals surface area (Å²) in [4.78, 5) is 27.2. The first kappa shape index (κ1) is 20.0. The fourth-order valence-electron chi connectivity index (χ4n) is 3.58. The molecule has 0 aromatic heterocycles. The molecule has 3 rings (SSSR count). The van der Waals surface area contributed by atoms with Crippen molar-refractivity contribution in [3.8, 4) is 0 Å². The Bertz CT molecular complexity index is 878. The van der Waals surface area contributed by atoms with Crippen molar-refractivity contribution < 1.29 is 14.0 Å². The van der Waals surface area contributed by atoms with Crippen LogP contribution in [0.3, 0.4) is 0 Å². The highest BCUT2D eigenvalue weighted by Gasteiger charge is 2.43. The number of halogens is 1. The summed E-state index contributed by atoms with van der Waals surface area (Å²) in [5.74, 6) is -0.512. The second-order valence-electron chi connectivity index (χ2n) is 7.91. The highest BCUT2D eigenvalue weighted by molar-refractivity contribution is 6.14. The quantitative estimate of drug-likeness (QED) is 0.824. The molecule has 1 heterocycles. The number of benzene rings is 2. The molecule has 28 heavy (non-hydrogen) atoms. The standard InChI is InChI=1S/C22H26FN3O2/c1-14(2)20(15-9-11-16(23)12-10-15)24-13-19(27)26-18-8-6-5-7-17(18)25-21(28)22(26,3)4/h5-12,14,20,24H,13H2,1-4H3,(H,25,28)/t20-/m1/s1. The summed E-state index contributed by atoms with van der Waals surface area (Å²) in [6.45, 7) is 7.61. The van der Waals surface area contributed by atoms with E-state index in [2.05, 4.69) is 10.6 Å². The number of rotatable bonds is 5. The zero-order chi connectivity index (χ0) is 20.5. The predicted octanol–water partition coefficient (Wildman–Crippen LogP) is 3.88. The van der Waals surface area contributed by atoms with E-state index >= 15 is 0 Å². The minimum Gasteiger partial charge on any atom is -0.322 e. The molecule has 0 saturated carbocycles. The molecular weight excluding hydrogens is 357 g/mol. The van der Waals surface area contributed by atoms with Gasteiger partial charge in [0, 0.05) is 6.04 Å². The van der Waals surface area contributed by atoms with Crippen LogP contribution in [-0.4, -0.2) is 23.9 Å². The number of carbonyl (C=O) groups excluding carboxylic acids is 2. The highest BCUT2D eigenvalue weighted by atomic mass is 19.1. The second kappa shape index (κ2) is 7.72. The van der Waals surface area contributed by atoms with Gasteiger partial charge in [-0.05, 0) is 49.6 Å². The van der Waals surface area contributed by atoms with Crippen LogP contribution < -0.4 is 15.5 Å². The molecule has 1 aliphatic heterocycles. The first-order chi connectivity index (χ1) is 13.2. The molecule has 5 nitrogen and oxygen atoms in total. The first-order valence-corrected chi connectivity index (χ1v) is 9.44. The molecule has 2 N–H and O–H groups in total. The van der Waals surface area contributed by atoms with Crippen LogP contribution in [0.5, 0.6) is 0 Å². The van der Waals surface area contributed by atoms with E-state index in [0.29, 0.717) is 11.4 Å². The third kappa shape index (κ3) is 3.78. The van der Waals surface area contributed by atoms with E-state index in [9.17, 15) is 14.0 Å². The number of nitrogens with zero attached hydrogens (tertiary/aromatic N) is 1. The van der Waals surface area contributed by atoms with Crippen molar-refractivity contribution in [2.45, 2.75) is 39.3 Å². The molecule has 6 heteroatoms. The summed E-state index contributed by atoms with van der Waals surface area (Å²) in [5, 5.41) is 6.15. The molecule has 1 atom stereocenters. The lowest BCUT2D eigenvalue weighted by Crippen LogP contribution is -2.60. The number of hydrogen-bond acceptors (Lipinski definition) is 3. The van der Waals surface area contributed by atoms with Crippen LogP contribution in [0.1, 0.15) is 39.3 Å². The molecule has 2 aromatic carbocycles. The number of anilines is 2. The Kier molecular flexibility index (Phi) is 5.52. The summed E-state index contributed by atoms with van der Waals surface area (Å²) in [6, 6.07) is 13.5. The smallest absolute Gasteiger partial charge is 0.250 e. The van der Waals surface area contributed by atoms with Crippen molar-refractivity contribution in [2.75, 3.05) is 16.8 Å².